The monoisotopic (exact) mass is 228 g/mol. The lowest BCUT2D eigenvalue weighted by molar-refractivity contribution is -0.137. The van der Waals surface area contributed by atoms with Gasteiger partial charge in [0.2, 0.25) is 5.91 Å². The van der Waals surface area contributed by atoms with Crippen molar-refractivity contribution in [2.24, 2.45) is 17.6 Å². The Bertz CT molecular complexity index is 221. The topological polar surface area (TPSA) is 66.6 Å². The summed E-state index contributed by atoms with van der Waals surface area (Å²) >= 11 is 0. The second kappa shape index (κ2) is 6.86. The van der Waals surface area contributed by atoms with Crippen molar-refractivity contribution in [1.82, 2.24) is 4.90 Å². The van der Waals surface area contributed by atoms with Crippen LogP contribution in [0.15, 0.2) is 0 Å². The van der Waals surface area contributed by atoms with Crippen LogP contribution in [0.5, 0.6) is 0 Å². The third-order valence-corrected chi connectivity index (χ3v) is 3.53. The first-order valence-corrected chi connectivity index (χ1v) is 6.32. The number of hydrogen-bond donors (Lipinski definition) is 2. The number of aliphatic hydroxyl groups excluding tert-OH is 1. The standard InChI is InChI=1S/C12H24N2O2/c1-2-14(6-7-15)12(16)11-5-3-4-10(8-11)9-13/h10-11,15H,2-9,13H2,1H3. The fourth-order valence-electron chi connectivity index (χ4n) is 2.53. The van der Waals surface area contributed by atoms with Crippen LogP contribution in [-0.2, 0) is 4.79 Å². The number of aliphatic hydroxyl groups is 1. The van der Waals surface area contributed by atoms with Gasteiger partial charge in [-0.2, -0.15) is 0 Å². The highest BCUT2D eigenvalue weighted by molar-refractivity contribution is 5.78. The fourth-order valence-corrected chi connectivity index (χ4v) is 2.53. The van der Waals surface area contributed by atoms with Gasteiger partial charge in [-0.15, -0.1) is 0 Å². The predicted molar refractivity (Wildman–Crippen MR) is 63.8 cm³/mol. The Morgan fingerprint density at radius 3 is 2.81 bits per heavy atom. The van der Waals surface area contributed by atoms with Gasteiger partial charge in [-0.25, -0.2) is 0 Å². The molecule has 0 aliphatic heterocycles. The summed E-state index contributed by atoms with van der Waals surface area (Å²) in [5.74, 6) is 0.846. The second-order valence-corrected chi connectivity index (χ2v) is 4.61. The van der Waals surface area contributed by atoms with E-state index >= 15 is 0 Å². The molecule has 0 spiro atoms. The van der Waals surface area contributed by atoms with E-state index in [1.54, 1.807) is 4.90 Å². The lowest BCUT2D eigenvalue weighted by atomic mass is 9.81. The largest absolute Gasteiger partial charge is 0.395 e. The molecule has 0 radical (unpaired) electrons. The summed E-state index contributed by atoms with van der Waals surface area (Å²) in [4.78, 5) is 13.9. The lowest BCUT2D eigenvalue weighted by Crippen LogP contribution is -2.40. The molecule has 16 heavy (non-hydrogen) atoms. The molecular weight excluding hydrogens is 204 g/mol. The van der Waals surface area contributed by atoms with Crippen molar-refractivity contribution in [1.29, 1.82) is 0 Å². The first kappa shape index (κ1) is 13.5. The van der Waals surface area contributed by atoms with E-state index in [0.717, 1.165) is 25.7 Å². The van der Waals surface area contributed by atoms with Crippen molar-refractivity contribution in [2.75, 3.05) is 26.2 Å². The van der Waals surface area contributed by atoms with Gasteiger partial charge in [0, 0.05) is 19.0 Å². The second-order valence-electron chi connectivity index (χ2n) is 4.61. The third kappa shape index (κ3) is 3.46. The van der Waals surface area contributed by atoms with Gasteiger partial charge in [-0.1, -0.05) is 6.42 Å². The first-order chi connectivity index (χ1) is 7.72. The van der Waals surface area contributed by atoms with Crippen LogP contribution in [0.25, 0.3) is 0 Å². The van der Waals surface area contributed by atoms with Gasteiger partial charge < -0.3 is 15.7 Å². The molecule has 1 aliphatic carbocycles. The van der Waals surface area contributed by atoms with Gasteiger partial charge in [-0.05, 0) is 38.6 Å². The maximum atomic E-state index is 12.2. The van der Waals surface area contributed by atoms with Crippen LogP contribution in [0.1, 0.15) is 32.6 Å². The molecule has 2 atom stereocenters. The number of carbonyl (C=O) groups is 1. The van der Waals surface area contributed by atoms with Crippen LogP contribution in [0, 0.1) is 11.8 Å². The number of carbonyl (C=O) groups excluding carboxylic acids is 1. The molecule has 1 saturated carbocycles. The summed E-state index contributed by atoms with van der Waals surface area (Å²) in [7, 11) is 0. The van der Waals surface area contributed by atoms with Crippen molar-refractivity contribution in [3.8, 4) is 0 Å². The van der Waals surface area contributed by atoms with Crippen LogP contribution < -0.4 is 5.73 Å². The highest BCUT2D eigenvalue weighted by Crippen LogP contribution is 2.29. The molecule has 3 N–H and O–H groups in total. The first-order valence-electron chi connectivity index (χ1n) is 6.32. The number of likely N-dealkylation sites (N-methyl/N-ethyl adjacent to an activating group) is 1. The highest BCUT2D eigenvalue weighted by Gasteiger charge is 2.28. The average molecular weight is 228 g/mol. The van der Waals surface area contributed by atoms with Gasteiger partial charge >= 0.3 is 0 Å². The molecule has 0 aromatic rings. The Balaban J connectivity index is 2.51. The van der Waals surface area contributed by atoms with E-state index in [1.165, 1.54) is 0 Å². The van der Waals surface area contributed by atoms with E-state index in [0.29, 0.717) is 25.6 Å². The fraction of sp³-hybridized carbons (Fsp3) is 0.917. The Morgan fingerprint density at radius 1 is 1.50 bits per heavy atom. The van der Waals surface area contributed by atoms with Gasteiger partial charge in [0.25, 0.3) is 0 Å². The van der Waals surface area contributed by atoms with Crippen molar-refractivity contribution in [3.05, 3.63) is 0 Å². The van der Waals surface area contributed by atoms with Gasteiger partial charge in [0.05, 0.1) is 6.61 Å². The molecule has 4 heteroatoms. The number of nitrogens with zero attached hydrogens (tertiary/aromatic N) is 1. The zero-order valence-corrected chi connectivity index (χ0v) is 10.2. The summed E-state index contributed by atoms with van der Waals surface area (Å²) in [6.07, 6.45) is 4.18. The van der Waals surface area contributed by atoms with Crippen molar-refractivity contribution < 1.29 is 9.90 Å². The number of amides is 1. The molecule has 94 valence electrons. The molecule has 0 bridgehead atoms. The molecule has 0 saturated heterocycles. The van der Waals surface area contributed by atoms with Crippen molar-refractivity contribution >= 4 is 5.91 Å². The summed E-state index contributed by atoms with van der Waals surface area (Å²) in [6.45, 7) is 3.83. The Hall–Kier alpha value is -0.610. The maximum Gasteiger partial charge on any atom is 0.225 e. The van der Waals surface area contributed by atoms with Crippen LogP contribution in [0.2, 0.25) is 0 Å². The van der Waals surface area contributed by atoms with Crippen molar-refractivity contribution in [3.63, 3.8) is 0 Å². The minimum atomic E-state index is 0.0482. The van der Waals surface area contributed by atoms with Crippen LogP contribution >= 0.6 is 0 Å². The maximum absolute atomic E-state index is 12.2. The zero-order valence-electron chi connectivity index (χ0n) is 10.2. The SMILES string of the molecule is CCN(CCO)C(=O)C1CCCC(CN)C1. The van der Waals surface area contributed by atoms with Crippen molar-refractivity contribution in [2.45, 2.75) is 32.6 Å². The highest BCUT2D eigenvalue weighted by atomic mass is 16.3. The normalized spacial score (nSPS) is 25.4. The summed E-state index contributed by atoms with van der Waals surface area (Å²) in [5.41, 5.74) is 5.67. The molecule has 4 nitrogen and oxygen atoms in total. The van der Waals surface area contributed by atoms with Gasteiger partial charge in [0.1, 0.15) is 0 Å². The average Bonchev–Trinajstić information content (AvgIpc) is 2.35. The Kier molecular flexibility index (Phi) is 5.77. The van der Waals surface area contributed by atoms with Gasteiger partial charge in [0.15, 0.2) is 0 Å². The quantitative estimate of drug-likeness (QED) is 0.724. The minimum Gasteiger partial charge on any atom is -0.395 e. The number of nitrogens with two attached hydrogens (primary N) is 1. The van der Waals surface area contributed by atoms with Crippen LogP contribution in [0.4, 0.5) is 0 Å². The van der Waals surface area contributed by atoms with Crippen LogP contribution in [-0.4, -0.2) is 42.2 Å². The van der Waals surface area contributed by atoms with E-state index in [1.807, 2.05) is 6.92 Å². The van der Waals surface area contributed by atoms with Gasteiger partial charge in [-0.3, -0.25) is 4.79 Å². The molecule has 0 aromatic carbocycles. The predicted octanol–water partition coefficient (Wildman–Crippen LogP) is 0.592. The van der Waals surface area contributed by atoms with E-state index < -0.39 is 0 Å². The molecule has 1 amide bonds. The molecule has 0 aromatic heterocycles. The lowest BCUT2D eigenvalue weighted by Gasteiger charge is -2.31. The van der Waals surface area contributed by atoms with E-state index in [4.69, 9.17) is 10.8 Å². The molecule has 1 aliphatic rings. The molecule has 1 fully saturated rings. The van der Waals surface area contributed by atoms with Crippen LogP contribution in [0.3, 0.4) is 0 Å². The zero-order chi connectivity index (χ0) is 12.0. The molecular formula is C12H24N2O2. The smallest absolute Gasteiger partial charge is 0.225 e. The summed E-state index contributed by atoms with van der Waals surface area (Å²) in [5, 5.41) is 8.90. The van der Waals surface area contributed by atoms with E-state index in [2.05, 4.69) is 0 Å². The minimum absolute atomic E-state index is 0.0482. The van der Waals surface area contributed by atoms with E-state index in [-0.39, 0.29) is 18.4 Å². The van der Waals surface area contributed by atoms with E-state index in [9.17, 15) is 4.79 Å². The summed E-state index contributed by atoms with van der Waals surface area (Å²) in [6, 6.07) is 0. The number of hydrogen-bond acceptors (Lipinski definition) is 3. The summed E-state index contributed by atoms with van der Waals surface area (Å²) < 4.78 is 0. The third-order valence-electron chi connectivity index (χ3n) is 3.53. The Labute approximate surface area is 97.8 Å². The number of rotatable bonds is 5. The molecule has 1 rings (SSSR count). The Morgan fingerprint density at radius 2 is 2.25 bits per heavy atom. The molecule has 2 unspecified atom stereocenters. The molecule has 0 heterocycles.